The Bertz CT molecular complexity index is 570. The average molecular weight is 331 g/mol. The minimum atomic E-state index is 0.197. The molecule has 0 aliphatic carbocycles. The summed E-state index contributed by atoms with van der Waals surface area (Å²) in [6.45, 7) is 5.74. The topological polar surface area (TPSA) is 52.6 Å². The molecule has 0 aromatic carbocycles. The molecule has 6 nitrogen and oxygen atoms in total. The van der Waals surface area contributed by atoms with Gasteiger partial charge in [-0.05, 0) is 46.2 Å². The zero-order valence-electron chi connectivity index (χ0n) is 15.1. The molecule has 0 saturated carbocycles. The van der Waals surface area contributed by atoms with Crippen molar-refractivity contribution >= 4 is 11.7 Å². The molecule has 2 fully saturated rings. The summed E-state index contributed by atoms with van der Waals surface area (Å²) in [6.07, 6.45) is 5.82. The highest BCUT2D eigenvalue weighted by Gasteiger charge is 2.31. The van der Waals surface area contributed by atoms with E-state index in [-0.39, 0.29) is 5.92 Å². The van der Waals surface area contributed by atoms with Gasteiger partial charge in [-0.1, -0.05) is 0 Å². The normalized spacial score (nSPS) is 23.3. The van der Waals surface area contributed by atoms with E-state index in [0.29, 0.717) is 11.9 Å². The van der Waals surface area contributed by atoms with E-state index >= 15 is 0 Å². The molecule has 1 atom stereocenters. The summed E-state index contributed by atoms with van der Waals surface area (Å²) in [7, 11) is 4.21. The number of carbonyl (C=O) groups is 1. The van der Waals surface area contributed by atoms with Crippen molar-refractivity contribution in [3.8, 4) is 0 Å². The molecule has 1 unspecified atom stereocenters. The van der Waals surface area contributed by atoms with E-state index in [1.165, 1.54) is 0 Å². The number of aryl methyl sites for hydroxylation is 1. The number of carbonyl (C=O) groups excluding carboxylic acids is 1. The number of piperidine rings is 2. The van der Waals surface area contributed by atoms with Gasteiger partial charge in [0.2, 0.25) is 5.91 Å². The minimum absolute atomic E-state index is 0.197. The molecule has 1 aromatic rings. The van der Waals surface area contributed by atoms with Crippen LogP contribution in [0.5, 0.6) is 0 Å². The molecule has 0 spiro atoms. The van der Waals surface area contributed by atoms with E-state index in [2.05, 4.69) is 38.8 Å². The molecule has 3 rings (SSSR count). The van der Waals surface area contributed by atoms with Crippen molar-refractivity contribution in [1.82, 2.24) is 19.8 Å². The Hall–Kier alpha value is -1.69. The van der Waals surface area contributed by atoms with Gasteiger partial charge in [-0.25, -0.2) is 9.97 Å². The average Bonchev–Trinajstić information content (AvgIpc) is 2.60. The van der Waals surface area contributed by atoms with E-state index in [1.807, 2.05) is 13.0 Å². The van der Waals surface area contributed by atoms with Crippen LogP contribution in [-0.2, 0) is 4.79 Å². The van der Waals surface area contributed by atoms with Crippen LogP contribution in [0, 0.1) is 12.8 Å². The van der Waals surface area contributed by atoms with Gasteiger partial charge in [-0.2, -0.15) is 0 Å². The number of aromatic nitrogens is 2. The summed E-state index contributed by atoms with van der Waals surface area (Å²) >= 11 is 0. The molecule has 2 saturated heterocycles. The van der Waals surface area contributed by atoms with Crippen LogP contribution in [0.2, 0.25) is 0 Å². The van der Waals surface area contributed by atoms with E-state index in [9.17, 15) is 4.79 Å². The molecule has 0 radical (unpaired) electrons. The quantitative estimate of drug-likeness (QED) is 0.841. The summed E-state index contributed by atoms with van der Waals surface area (Å²) in [6, 6.07) is 2.47. The van der Waals surface area contributed by atoms with Gasteiger partial charge in [0.05, 0.1) is 5.92 Å². The van der Waals surface area contributed by atoms with Crippen LogP contribution in [0.4, 0.5) is 5.82 Å². The number of hydrogen-bond acceptors (Lipinski definition) is 5. The molecule has 3 heterocycles. The third kappa shape index (κ3) is 3.86. The highest BCUT2D eigenvalue weighted by Crippen LogP contribution is 2.24. The second kappa shape index (κ2) is 7.47. The Kier molecular flexibility index (Phi) is 5.33. The van der Waals surface area contributed by atoms with Gasteiger partial charge in [-0.15, -0.1) is 0 Å². The lowest BCUT2D eigenvalue weighted by Gasteiger charge is -2.39. The molecule has 2 aliphatic rings. The third-order valence-electron chi connectivity index (χ3n) is 5.45. The predicted molar refractivity (Wildman–Crippen MR) is 95.0 cm³/mol. The number of rotatable bonds is 3. The van der Waals surface area contributed by atoms with Gasteiger partial charge in [0.1, 0.15) is 12.1 Å². The van der Waals surface area contributed by atoms with Crippen LogP contribution in [0.3, 0.4) is 0 Å². The summed E-state index contributed by atoms with van der Waals surface area (Å²) < 4.78 is 0. The van der Waals surface area contributed by atoms with Crippen LogP contribution in [0.15, 0.2) is 12.4 Å². The molecule has 0 N–H and O–H groups in total. The zero-order valence-corrected chi connectivity index (χ0v) is 15.1. The highest BCUT2D eigenvalue weighted by molar-refractivity contribution is 5.79. The van der Waals surface area contributed by atoms with Gasteiger partial charge in [-0.3, -0.25) is 4.79 Å². The maximum absolute atomic E-state index is 12.8. The van der Waals surface area contributed by atoms with Crippen molar-refractivity contribution in [2.24, 2.45) is 5.92 Å². The smallest absolute Gasteiger partial charge is 0.226 e. The molecular weight excluding hydrogens is 302 g/mol. The Labute approximate surface area is 144 Å². The first kappa shape index (κ1) is 17.1. The van der Waals surface area contributed by atoms with Crippen molar-refractivity contribution < 1.29 is 4.79 Å². The number of amides is 1. The molecule has 132 valence electrons. The van der Waals surface area contributed by atoms with Crippen LogP contribution in [0.25, 0.3) is 0 Å². The fourth-order valence-corrected chi connectivity index (χ4v) is 3.92. The Morgan fingerprint density at radius 2 is 1.96 bits per heavy atom. The summed E-state index contributed by atoms with van der Waals surface area (Å²) in [5.41, 5.74) is 0.987. The van der Waals surface area contributed by atoms with E-state index in [0.717, 1.165) is 63.4 Å². The zero-order chi connectivity index (χ0) is 17.1. The minimum Gasteiger partial charge on any atom is -0.356 e. The standard InChI is InChI=1S/C18H29N5O/c1-14-11-17(20-13-19-14)22(3)16-6-9-23(10-7-16)18(24)15-5-4-8-21(2)12-15/h11,13,15-16H,4-10,12H2,1-3H3. The summed E-state index contributed by atoms with van der Waals surface area (Å²) in [5.74, 6) is 1.53. The van der Waals surface area contributed by atoms with Crippen LogP contribution >= 0.6 is 0 Å². The largest absolute Gasteiger partial charge is 0.356 e. The highest BCUT2D eigenvalue weighted by atomic mass is 16.2. The maximum Gasteiger partial charge on any atom is 0.226 e. The second-order valence-corrected chi connectivity index (χ2v) is 7.29. The third-order valence-corrected chi connectivity index (χ3v) is 5.45. The van der Waals surface area contributed by atoms with E-state index in [1.54, 1.807) is 6.33 Å². The first-order valence-corrected chi connectivity index (χ1v) is 9.03. The predicted octanol–water partition coefficient (Wildman–Crippen LogP) is 1.55. The number of nitrogens with zero attached hydrogens (tertiary/aromatic N) is 5. The first-order valence-electron chi connectivity index (χ1n) is 9.03. The number of likely N-dealkylation sites (tertiary alicyclic amines) is 2. The van der Waals surface area contributed by atoms with Crippen LogP contribution in [-0.4, -0.2) is 72.0 Å². The second-order valence-electron chi connectivity index (χ2n) is 7.29. The van der Waals surface area contributed by atoms with Crippen molar-refractivity contribution in [2.45, 2.75) is 38.6 Å². The molecule has 0 bridgehead atoms. The lowest BCUT2D eigenvalue weighted by molar-refractivity contribution is -0.138. The molecule has 2 aliphatic heterocycles. The maximum atomic E-state index is 12.8. The number of hydrogen-bond donors (Lipinski definition) is 0. The fourth-order valence-electron chi connectivity index (χ4n) is 3.92. The van der Waals surface area contributed by atoms with Crippen molar-refractivity contribution in [3.05, 3.63) is 18.1 Å². The van der Waals surface area contributed by atoms with Crippen molar-refractivity contribution in [2.75, 3.05) is 45.2 Å². The monoisotopic (exact) mass is 331 g/mol. The molecule has 6 heteroatoms. The van der Waals surface area contributed by atoms with Crippen molar-refractivity contribution in [3.63, 3.8) is 0 Å². The summed E-state index contributed by atoms with van der Waals surface area (Å²) in [4.78, 5) is 27.9. The lowest BCUT2D eigenvalue weighted by Crippen LogP contribution is -2.49. The van der Waals surface area contributed by atoms with Crippen molar-refractivity contribution in [1.29, 1.82) is 0 Å². The Morgan fingerprint density at radius 3 is 2.62 bits per heavy atom. The van der Waals surface area contributed by atoms with Crippen LogP contribution in [0.1, 0.15) is 31.4 Å². The summed E-state index contributed by atoms with van der Waals surface area (Å²) in [5, 5.41) is 0. The SMILES string of the molecule is Cc1cc(N(C)C2CCN(C(=O)C3CCCN(C)C3)CC2)ncn1. The number of anilines is 1. The molecular formula is C18H29N5O. The molecule has 1 amide bonds. The van der Waals surface area contributed by atoms with Gasteiger partial charge < -0.3 is 14.7 Å². The fraction of sp³-hybridized carbons (Fsp3) is 0.722. The van der Waals surface area contributed by atoms with E-state index < -0.39 is 0 Å². The Morgan fingerprint density at radius 1 is 1.21 bits per heavy atom. The molecule has 24 heavy (non-hydrogen) atoms. The van der Waals surface area contributed by atoms with Crippen LogP contribution < -0.4 is 4.90 Å². The van der Waals surface area contributed by atoms with Gasteiger partial charge >= 0.3 is 0 Å². The van der Waals surface area contributed by atoms with E-state index in [4.69, 9.17) is 0 Å². The Balaban J connectivity index is 1.54. The van der Waals surface area contributed by atoms with Gasteiger partial charge in [0, 0.05) is 44.5 Å². The lowest BCUT2D eigenvalue weighted by atomic mass is 9.95. The first-order chi connectivity index (χ1) is 11.5. The van der Waals surface area contributed by atoms with Gasteiger partial charge in [0.15, 0.2) is 0 Å². The molecule has 1 aromatic heterocycles. The van der Waals surface area contributed by atoms with Gasteiger partial charge in [0.25, 0.3) is 0 Å².